The molecule has 1 aromatic heterocycles. The molecule has 1 aliphatic rings. The van der Waals surface area contributed by atoms with Crippen LogP contribution in [-0.4, -0.2) is 33.9 Å². The summed E-state index contributed by atoms with van der Waals surface area (Å²) < 4.78 is 2.13. The van der Waals surface area contributed by atoms with E-state index in [9.17, 15) is 9.59 Å². The third-order valence-corrected chi connectivity index (χ3v) is 6.63. The summed E-state index contributed by atoms with van der Waals surface area (Å²) in [6, 6.07) is 19.2. The minimum atomic E-state index is -0.347. The van der Waals surface area contributed by atoms with Gasteiger partial charge in [-0.3, -0.25) is 14.5 Å². The fourth-order valence-electron chi connectivity index (χ4n) is 4.70. The molecule has 5 nitrogen and oxygen atoms in total. The molecule has 34 heavy (non-hydrogen) atoms. The van der Waals surface area contributed by atoms with Gasteiger partial charge in [0.25, 0.3) is 0 Å². The van der Waals surface area contributed by atoms with Crippen LogP contribution < -0.4 is 4.90 Å². The monoisotopic (exact) mass is 477 g/mol. The fraction of sp³-hybridized carbons (Fsp3) is 0.357. The fourth-order valence-corrected chi connectivity index (χ4v) is 4.90. The lowest BCUT2D eigenvalue weighted by Gasteiger charge is -2.40. The normalized spacial score (nSPS) is 14.6. The van der Waals surface area contributed by atoms with Crippen molar-refractivity contribution in [2.45, 2.75) is 58.5 Å². The lowest BCUT2D eigenvalue weighted by atomic mass is 9.97. The number of carbonyl (C=O) groups excluding carboxylic acids is 2. The van der Waals surface area contributed by atoms with Crippen LogP contribution in [-0.2, 0) is 9.59 Å². The molecule has 0 saturated heterocycles. The molecule has 2 heterocycles. The van der Waals surface area contributed by atoms with Gasteiger partial charge in [0.05, 0.1) is 17.1 Å². The van der Waals surface area contributed by atoms with E-state index in [2.05, 4.69) is 11.5 Å². The number of para-hydroxylation sites is 2. The standard InChI is InChI=1S/C28H32ClN3O2/c1-4-5-6-16-26(33)31(20(2)3)19-27(34)32-24-14-8-7-13-23(24)30-17-10-15-25(30)28(32)21-11-9-12-22(29)18-21/h7-15,17-18,20,28H,4-6,16,19H2,1-3H3. The molecule has 0 saturated carbocycles. The Bertz CT molecular complexity index is 1170. The minimum Gasteiger partial charge on any atom is -0.331 e. The first-order valence-corrected chi connectivity index (χ1v) is 12.4. The van der Waals surface area contributed by atoms with E-state index in [1.165, 1.54) is 0 Å². The number of hydrogen-bond acceptors (Lipinski definition) is 2. The molecular weight excluding hydrogens is 446 g/mol. The van der Waals surface area contributed by atoms with Crippen LogP contribution in [0.4, 0.5) is 5.69 Å². The van der Waals surface area contributed by atoms with E-state index in [-0.39, 0.29) is 30.4 Å². The molecule has 0 bridgehead atoms. The van der Waals surface area contributed by atoms with Gasteiger partial charge in [-0.1, -0.05) is 55.6 Å². The molecule has 0 fully saturated rings. The second kappa shape index (κ2) is 10.5. The van der Waals surface area contributed by atoms with E-state index in [4.69, 9.17) is 11.6 Å². The van der Waals surface area contributed by atoms with E-state index in [1.807, 2.05) is 85.6 Å². The summed E-state index contributed by atoms with van der Waals surface area (Å²) in [7, 11) is 0. The number of rotatable bonds is 8. The molecule has 0 aliphatic carbocycles. The maximum atomic E-state index is 14.0. The van der Waals surface area contributed by atoms with Crippen molar-refractivity contribution in [3.63, 3.8) is 0 Å². The number of halogens is 1. The van der Waals surface area contributed by atoms with Crippen molar-refractivity contribution in [2.75, 3.05) is 11.4 Å². The lowest BCUT2D eigenvalue weighted by Crippen LogP contribution is -2.48. The molecule has 0 spiro atoms. The Morgan fingerprint density at radius 1 is 1.00 bits per heavy atom. The van der Waals surface area contributed by atoms with Gasteiger partial charge >= 0.3 is 0 Å². The first kappa shape index (κ1) is 24.1. The molecule has 1 atom stereocenters. The van der Waals surface area contributed by atoms with Crippen molar-refractivity contribution in [3.8, 4) is 5.69 Å². The summed E-state index contributed by atoms with van der Waals surface area (Å²) in [4.78, 5) is 30.6. The van der Waals surface area contributed by atoms with Crippen LogP contribution in [0.25, 0.3) is 5.69 Å². The number of fused-ring (bicyclic) bond motifs is 3. The van der Waals surface area contributed by atoms with Gasteiger partial charge in [-0.2, -0.15) is 0 Å². The second-order valence-electron chi connectivity index (χ2n) is 9.09. The third kappa shape index (κ3) is 4.76. The van der Waals surface area contributed by atoms with Crippen molar-refractivity contribution in [1.82, 2.24) is 9.47 Å². The molecule has 4 rings (SSSR count). The van der Waals surface area contributed by atoms with Gasteiger partial charge in [0.2, 0.25) is 11.8 Å². The molecule has 6 heteroatoms. The molecule has 1 unspecified atom stereocenters. The van der Waals surface area contributed by atoms with E-state index >= 15 is 0 Å². The Balaban J connectivity index is 1.74. The van der Waals surface area contributed by atoms with Crippen LogP contribution in [0, 0.1) is 0 Å². The van der Waals surface area contributed by atoms with Gasteiger partial charge in [-0.05, 0) is 62.2 Å². The van der Waals surface area contributed by atoms with Gasteiger partial charge in [0.15, 0.2) is 0 Å². The Morgan fingerprint density at radius 2 is 1.76 bits per heavy atom. The predicted octanol–water partition coefficient (Wildman–Crippen LogP) is 6.38. The molecular formula is C28H32ClN3O2. The zero-order valence-corrected chi connectivity index (χ0v) is 20.8. The van der Waals surface area contributed by atoms with E-state index in [0.717, 1.165) is 41.9 Å². The van der Waals surface area contributed by atoms with Gasteiger partial charge in [-0.15, -0.1) is 0 Å². The van der Waals surface area contributed by atoms with Crippen LogP contribution in [0.15, 0.2) is 66.9 Å². The van der Waals surface area contributed by atoms with Crippen molar-refractivity contribution in [1.29, 1.82) is 0 Å². The van der Waals surface area contributed by atoms with Crippen molar-refractivity contribution < 1.29 is 9.59 Å². The molecule has 2 amide bonds. The molecule has 1 aliphatic heterocycles. The molecule has 2 aromatic carbocycles. The minimum absolute atomic E-state index is 0.0322. The van der Waals surface area contributed by atoms with Gasteiger partial charge in [-0.25, -0.2) is 0 Å². The lowest BCUT2D eigenvalue weighted by molar-refractivity contribution is -0.137. The smallest absolute Gasteiger partial charge is 0.247 e. The van der Waals surface area contributed by atoms with Crippen LogP contribution in [0.2, 0.25) is 5.02 Å². The van der Waals surface area contributed by atoms with Crippen LogP contribution in [0.3, 0.4) is 0 Å². The number of aromatic nitrogens is 1. The van der Waals surface area contributed by atoms with Gasteiger partial charge in [0, 0.05) is 23.7 Å². The summed E-state index contributed by atoms with van der Waals surface area (Å²) >= 11 is 6.36. The molecule has 0 N–H and O–H groups in total. The summed E-state index contributed by atoms with van der Waals surface area (Å²) in [6.45, 7) is 6.09. The Kier molecular flexibility index (Phi) is 7.42. The summed E-state index contributed by atoms with van der Waals surface area (Å²) in [6.07, 6.45) is 5.40. The summed E-state index contributed by atoms with van der Waals surface area (Å²) in [5, 5.41) is 0.622. The first-order chi connectivity index (χ1) is 16.4. The van der Waals surface area contributed by atoms with E-state index in [0.29, 0.717) is 11.4 Å². The number of hydrogen-bond donors (Lipinski definition) is 0. The van der Waals surface area contributed by atoms with Crippen molar-refractivity contribution in [3.05, 3.63) is 83.1 Å². The SMILES string of the molecule is CCCCCC(=O)N(CC(=O)N1c2ccccc2-n2cccc2C1c1cccc(Cl)c1)C(C)C. The second-order valence-corrected chi connectivity index (χ2v) is 9.52. The number of nitrogens with zero attached hydrogens (tertiary/aromatic N) is 3. The van der Waals surface area contributed by atoms with E-state index in [1.54, 1.807) is 4.90 Å². The molecule has 3 aromatic rings. The zero-order valence-electron chi connectivity index (χ0n) is 20.1. The van der Waals surface area contributed by atoms with Crippen molar-refractivity contribution >= 4 is 29.1 Å². The highest BCUT2D eigenvalue weighted by Gasteiger charge is 2.37. The highest BCUT2D eigenvalue weighted by molar-refractivity contribution is 6.30. The maximum absolute atomic E-state index is 14.0. The Hall–Kier alpha value is -3.05. The highest BCUT2D eigenvalue weighted by atomic mass is 35.5. The van der Waals surface area contributed by atoms with Crippen molar-refractivity contribution in [2.24, 2.45) is 0 Å². The third-order valence-electron chi connectivity index (χ3n) is 6.40. The number of anilines is 1. The highest BCUT2D eigenvalue weighted by Crippen LogP contribution is 2.42. The van der Waals surface area contributed by atoms with Crippen LogP contribution in [0.1, 0.15) is 63.8 Å². The topological polar surface area (TPSA) is 45.6 Å². The Morgan fingerprint density at radius 3 is 2.47 bits per heavy atom. The Labute approximate surface area is 206 Å². The quantitative estimate of drug-likeness (QED) is 0.353. The predicted molar refractivity (Wildman–Crippen MR) is 138 cm³/mol. The largest absolute Gasteiger partial charge is 0.331 e. The number of carbonyl (C=O) groups is 2. The first-order valence-electron chi connectivity index (χ1n) is 12.1. The number of unbranched alkanes of at least 4 members (excludes halogenated alkanes) is 2. The molecule has 0 radical (unpaired) electrons. The average molecular weight is 478 g/mol. The van der Waals surface area contributed by atoms with Gasteiger partial charge in [0.1, 0.15) is 12.6 Å². The number of benzene rings is 2. The number of amides is 2. The van der Waals surface area contributed by atoms with Crippen LogP contribution >= 0.6 is 11.6 Å². The maximum Gasteiger partial charge on any atom is 0.247 e. The van der Waals surface area contributed by atoms with E-state index < -0.39 is 0 Å². The molecule has 178 valence electrons. The summed E-state index contributed by atoms with van der Waals surface area (Å²) in [5.74, 6) is -0.0767. The van der Waals surface area contributed by atoms with Crippen LogP contribution in [0.5, 0.6) is 0 Å². The zero-order chi connectivity index (χ0) is 24.2. The summed E-state index contributed by atoms with van der Waals surface area (Å²) in [5.41, 5.74) is 3.68. The average Bonchev–Trinajstić information content (AvgIpc) is 3.31. The van der Waals surface area contributed by atoms with Gasteiger partial charge < -0.3 is 9.47 Å².